The van der Waals surface area contributed by atoms with Crippen LogP contribution < -0.4 is 15.4 Å². The number of carbonyl (C=O) groups is 1. The molecule has 0 radical (unpaired) electrons. The number of hydrogen-bond donors (Lipinski definition) is 2. The molecule has 5 nitrogen and oxygen atoms in total. The van der Waals surface area contributed by atoms with Gasteiger partial charge in [-0.3, -0.25) is 4.79 Å². The van der Waals surface area contributed by atoms with E-state index in [1.807, 2.05) is 18.2 Å². The number of amides is 1. The van der Waals surface area contributed by atoms with Crippen LogP contribution in [0.2, 0.25) is 0 Å². The van der Waals surface area contributed by atoms with Gasteiger partial charge in [0.2, 0.25) is 0 Å². The lowest BCUT2D eigenvalue weighted by Gasteiger charge is -2.19. The van der Waals surface area contributed by atoms with E-state index < -0.39 is 0 Å². The number of fused-ring (bicyclic) bond motifs is 1. The second kappa shape index (κ2) is 5.84. The molecule has 2 N–H and O–H groups in total. The molecule has 1 aliphatic heterocycles. The van der Waals surface area contributed by atoms with Crippen molar-refractivity contribution in [2.24, 2.45) is 0 Å². The van der Waals surface area contributed by atoms with Gasteiger partial charge in [-0.05, 0) is 24.6 Å². The molecule has 18 heavy (non-hydrogen) atoms. The highest BCUT2D eigenvalue weighted by Gasteiger charge is 2.15. The number of nitrogens with one attached hydrogen (secondary N) is 2. The third-order valence-corrected chi connectivity index (χ3v) is 2.75. The number of anilines is 1. The lowest BCUT2D eigenvalue weighted by Crippen LogP contribution is -2.30. The van der Waals surface area contributed by atoms with Crippen molar-refractivity contribution in [3.63, 3.8) is 0 Å². The minimum absolute atomic E-state index is 0.0927. The monoisotopic (exact) mass is 250 g/mol. The van der Waals surface area contributed by atoms with Gasteiger partial charge in [-0.1, -0.05) is 6.07 Å². The quantitative estimate of drug-likeness (QED) is 0.822. The van der Waals surface area contributed by atoms with Crippen LogP contribution in [0.3, 0.4) is 0 Å². The fraction of sp³-hybridized carbons (Fsp3) is 0.462. The summed E-state index contributed by atoms with van der Waals surface area (Å²) in [5.41, 5.74) is 1.84. The lowest BCUT2D eigenvalue weighted by atomic mass is 10.1. The highest BCUT2D eigenvalue weighted by molar-refractivity contribution is 5.95. The van der Waals surface area contributed by atoms with Gasteiger partial charge in [-0.2, -0.15) is 0 Å². The minimum Gasteiger partial charge on any atom is -0.482 e. The van der Waals surface area contributed by atoms with Gasteiger partial charge in [0.15, 0.2) is 6.61 Å². The predicted molar refractivity (Wildman–Crippen MR) is 68.7 cm³/mol. The second-order valence-corrected chi connectivity index (χ2v) is 4.40. The van der Waals surface area contributed by atoms with Crippen molar-refractivity contribution in [1.29, 1.82) is 0 Å². The van der Waals surface area contributed by atoms with Crippen LogP contribution in [0.4, 0.5) is 5.69 Å². The summed E-state index contributed by atoms with van der Waals surface area (Å²) in [4.78, 5) is 11.2. The van der Waals surface area contributed by atoms with E-state index in [4.69, 9.17) is 9.47 Å². The molecule has 0 saturated carbocycles. The first-order valence-corrected chi connectivity index (χ1v) is 5.97. The van der Waals surface area contributed by atoms with Crippen molar-refractivity contribution in [1.82, 2.24) is 5.32 Å². The first-order valence-electron chi connectivity index (χ1n) is 5.97. The highest BCUT2D eigenvalue weighted by Crippen LogP contribution is 2.28. The van der Waals surface area contributed by atoms with E-state index in [1.165, 1.54) is 0 Å². The van der Waals surface area contributed by atoms with Gasteiger partial charge in [-0.15, -0.1) is 0 Å². The molecule has 1 aromatic rings. The van der Waals surface area contributed by atoms with E-state index in [1.54, 1.807) is 7.11 Å². The van der Waals surface area contributed by atoms with E-state index in [-0.39, 0.29) is 18.6 Å². The maximum Gasteiger partial charge on any atom is 0.262 e. The van der Waals surface area contributed by atoms with Gasteiger partial charge in [0.1, 0.15) is 5.75 Å². The zero-order valence-electron chi connectivity index (χ0n) is 10.7. The van der Waals surface area contributed by atoms with Gasteiger partial charge in [0.25, 0.3) is 5.91 Å². The summed E-state index contributed by atoms with van der Waals surface area (Å²) in [5.74, 6) is 0.614. The van der Waals surface area contributed by atoms with Crippen LogP contribution in [0.1, 0.15) is 12.5 Å². The SMILES string of the molecule is COCC(C)NCc1ccc2c(c1)NC(=O)CO2. The third-order valence-electron chi connectivity index (χ3n) is 2.75. The Labute approximate surface area is 106 Å². The fourth-order valence-electron chi connectivity index (χ4n) is 1.84. The Bertz CT molecular complexity index is 434. The van der Waals surface area contributed by atoms with Crippen molar-refractivity contribution in [2.45, 2.75) is 19.5 Å². The molecular formula is C13H18N2O3. The van der Waals surface area contributed by atoms with Gasteiger partial charge in [0.05, 0.1) is 12.3 Å². The van der Waals surface area contributed by atoms with Crippen LogP contribution in [-0.2, 0) is 16.1 Å². The smallest absolute Gasteiger partial charge is 0.262 e. The molecule has 1 aliphatic rings. The van der Waals surface area contributed by atoms with Crippen LogP contribution in [0.25, 0.3) is 0 Å². The minimum atomic E-state index is -0.111. The fourth-order valence-corrected chi connectivity index (χ4v) is 1.84. The number of benzene rings is 1. The molecule has 1 atom stereocenters. The maximum atomic E-state index is 11.2. The summed E-state index contributed by atoms with van der Waals surface area (Å²) < 4.78 is 10.4. The Morgan fingerprint density at radius 3 is 3.17 bits per heavy atom. The second-order valence-electron chi connectivity index (χ2n) is 4.40. The predicted octanol–water partition coefficient (Wildman–Crippen LogP) is 1.14. The van der Waals surface area contributed by atoms with E-state index in [9.17, 15) is 4.79 Å². The van der Waals surface area contributed by atoms with Crippen LogP contribution in [-0.4, -0.2) is 32.3 Å². The molecule has 2 rings (SSSR count). The van der Waals surface area contributed by atoms with Gasteiger partial charge in [0, 0.05) is 19.7 Å². The maximum absolute atomic E-state index is 11.2. The van der Waals surface area contributed by atoms with Crippen LogP contribution in [0.5, 0.6) is 5.75 Å². The number of carbonyl (C=O) groups excluding carboxylic acids is 1. The Hall–Kier alpha value is -1.59. The van der Waals surface area contributed by atoms with Crippen molar-refractivity contribution < 1.29 is 14.3 Å². The summed E-state index contributed by atoms with van der Waals surface area (Å²) in [7, 11) is 1.68. The molecule has 1 heterocycles. The third kappa shape index (κ3) is 3.21. The highest BCUT2D eigenvalue weighted by atomic mass is 16.5. The number of rotatable bonds is 5. The Balaban J connectivity index is 1.98. The van der Waals surface area contributed by atoms with E-state index in [0.717, 1.165) is 23.5 Å². The first-order chi connectivity index (χ1) is 8.69. The Morgan fingerprint density at radius 1 is 1.56 bits per heavy atom. The normalized spacial score (nSPS) is 15.6. The zero-order valence-corrected chi connectivity index (χ0v) is 10.7. The summed E-state index contributed by atoms with van der Waals surface area (Å²) in [6, 6.07) is 6.09. The molecule has 1 amide bonds. The molecule has 0 aromatic heterocycles. The van der Waals surface area contributed by atoms with E-state index >= 15 is 0 Å². The number of methoxy groups -OCH3 is 1. The molecule has 0 saturated heterocycles. The molecule has 1 unspecified atom stereocenters. The summed E-state index contributed by atoms with van der Waals surface area (Å²) in [6.07, 6.45) is 0. The van der Waals surface area contributed by atoms with E-state index in [0.29, 0.717) is 6.61 Å². The summed E-state index contributed by atoms with van der Waals surface area (Å²) in [5, 5.41) is 6.14. The molecule has 0 fully saturated rings. The van der Waals surface area contributed by atoms with Crippen molar-refractivity contribution in [3.05, 3.63) is 23.8 Å². The average molecular weight is 250 g/mol. The Morgan fingerprint density at radius 2 is 2.39 bits per heavy atom. The standard InChI is InChI=1S/C13H18N2O3/c1-9(7-17-2)14-6-10-3-4-12-11(5-10)15-13(16)8-18-12/h3-5,9,14H,6-8H2,1-2H3,(H,15,16). The summed E-state index contributed by atoms with van der Waals surface area (Å²) >= 11 is 0. The molecule has 0 spiro atoms. The largest absolute Gasteiger partial charge is 0.482 e. The molecular weight excluding hydrogens is 232 g/mol. The molecule has 0 bridgehead atoms. The number of ether oxygens (including phenoxy) is 2. The van der Waals surface area contributed by atoms with Gasteiger partial charge < -0.3 is 20.1 Å². The first kappa shape index (κ1) is 12.9. The van der Waals surface area contributed by atoms with Crippen LogP contribution in [0.15, 0.2) is 18.2 Å². The topological polar surface area (TPSA) is 59.6 Å². The van der Waals surface area contributed by atoms with Crippen molar-refractivity contribution in [3.8, 4) is 5.75 Å². The Kier molecular flexibility index (Phi) is 4.17. The molecule has 1 aromatic carbocycles. The van der Waals surface area contributed by atoms with Crippen LogP contribution >= 0.6 is 0 Å². The lowest BCUT2D eigenvalue weighted by molar-refractivity contribution is -0.118. The van der Waals surface area contributed by atoms with E-state index in [2.05, 4.69) is 17.6 Å². The zero-order chi connectivity index (χ0) is 13.0. The van der Waals surface area contributed by atoms with Crippen LogP contribution in [0, 0.1) is 0 Å². The van der Waals surface area contributed by atoms with Gasteiger partial charge in [-0.25, -0.2) is 0 Å². The number of hydrogen-bond acceptors (Lipinski definition) is 4. The molecule has 5 heteroatoms. The van der Waals surface area contributed by atoms with Crippen molar-refractivity contribution in [2.75, 3.05) is 25.6 Å². The van der Waals surface area contributed by atoms with Crippen molar-refractivity contribution >= 4 is 11.6 Å². The van der Waals surface area contributed by atoms with Gasteiger partial charge >= 0.3 is 0 Å². The summed E-state index contributed by atoms with van der Waals surface area (Å²) in [6.45, 7) is 3.56. The molecule has 0 aliphatic carbocycles. The average Bonchev–Trinajstić information content (AvgIpc) is 2.36. The molecule has 98 valence electrons.